The zero-order chi connectivity index (χ0) is 15.2. The number of anilines is 1. The van der Waals surface area contributed by atoms with Crippen LogP contribution in [-0.4, -0.2) is 20.1 Å². The zero-order valence-electron chi connectivity index (χ0n) is 12.0. The number of nitrogens with zero attached hydrogens (tertiary/aromatic N) is 1. The summed E-state index contributed by atoms with van der Waals surface area (Å²) in [5.74, 6) is 0.513. The van der Waals surface area contributed by atoms with Crippen molar-refractivity contribution < 1.29 is 9.53 Å². The molecule has 0 aromatic heterocycles. The minimum Gasteiger partial charge on any atom is -0.496 e. The minimum atomic E-state index is -0.137. The number of methoxy groups -OCH3 is 1. The largest absolute Gasteiger partial charge is 0.496 e. The van der Waals surface area contributed by atoms with Crippen LogP contribution >= 0.6 is 11.6 Å². The zero-order valence-corrected chi connectivity index (χ0v) is 12.7. The van der Waals surface area contributed by atoms with Crippen molar-refractivity contribution in [3.05, 3.63) is 59.1 Å². The van der Waals surface area contributed by atoms with Crippen molar-refractivity contribution in [3.8, 4) is 5.75 Å². The van der Waals surface area contributed by atoms with Gasteiger partial charge in [-0.05, 0) is 30.3 Å². The minimum absolute atomic E-state index is 0.137. The van der Waals surface area contributed by atoms with Gasteiger partial charge in [-0.3, -0.25) is 15.2 Å². The van der Waals surface area contributed by atoms with Crippen LogP contribution in [0.3, 0.4) is 0 Å². The molecule has 0 bridgehead atoms. The highest BCUT2D eigenvalue weighted by atomic mass is 35.5. The van der Waals surface area contributed by atoms with Gasteiger partial charge in [0.25, 0.3) is 0 Å². The lowest BCUT2D eigenvalue weighted by atomic mass is 10.1. The molecule has 0 atom stereocenters. The monoisotopic (exact) mass is 304 g/mol. The number of para-hydroxylation sites is 1. The Balaban J connectivity index is 2.04. The van der Waals surface area contributed by atoms with Crippen LogP contribution < -0.4 is 15.2 Å². The van der Waals surface area contributed by atoms with Crippen molar-refractivity contribution in [2.75, 3.05) is 19.2 Å². The Hall–Kier alpha value is -2.20. The van der Waals surface area contributed by atoms with Crippen LogP contribution in [0.5, 0.6) is 5.75 Å². The molecule has 1 N–H and O–H groups in total. The van der Waals surface area contributed by atoms with E-state index in [4.69, 9.17) is 16.3 Å². The SMILES string of the molecule is COc1ccc(Cl)cc1CC(=O)NN(C)c1ccccc1. The number of carbonyl (C=O) groups is 1. The molecule has 21 heavy (non-hydrogen) atoms. The fraction of sp³-hybridized carbons (Fsp3) is 0.188. The fourth-order valence-electron chi connectivity index (χ4n) is 2.00. The van der Waals surface area contributed by atoms with Crippen LogP contribution in [-0.2, 0) is 11.2 Å². The van der Waals surface area contributed by atoms with Crippen LogP contribution in [0.2, 0.25) is 5.02 Å². The van der Waals surface area contributed by atoms with Crippen molar-refractivity contribution in [1.29, 1.82) is 0 Å². The second-order valence-electron chi connectivity index (χ2n) is 4.56. The van der Waals surface area contributed by atoms with E-state index >= 15 is 0 Å². The van der Waals surface area contributed by atoms with Gasteiger partial charge in [0.05, 0.1) is 19.2 Å². The first-order chi connectivity index (χ1) is 10.1. The lowest BCUT2D eigenvalue weighted by Gasteiger charge is -2.20. The van der Waals surface area contributed by atoms with Gasteiger partial charge in [-0.2, -0.15) is 0 Å². The van der Waals surface area contributed by atoms with Crippen LogP contribution in [0.4, 0.5) is 5.69 Å². The van der Waals surface area contributed by atoms with Crippen molar-refractivity contribution in [3.63, 3.8) is 0 Å². The standard InChI is InChI=1S/C16H17ClN2O2/c1-19(14-6-4-3-5-7-14)18-16(20)11-12-10-13(17)8-9-15(12)21-2/h3-10H,11H2,1-2H3,(H,18,20). The van der Waals surface area contributed by atoms with Crippen molar-refractivity contribution >= 4 is 23.2 Å². The summed E-state index contributed by atoms with van der Waals surface area (Å²) in [4.78, 5) is 12.1. The van der Waals surface area contributed by atoms with Crippen LogP contribution in [0.25, 0.3) is 0 Å². The molecule has 0 saturated heterocycles. The van der Waals surface area contributed by atoms with Crippen molar-refractivity contribution in [2.24, 2.45) is 0 Å². The molecule has 5 heteroatoms. The first-order valence-electron chi connectivity index (χ1n) is 6.51. The summed E-state index contributed by atoms with van der Waals surface area (Å²) in [5, 5.41) is 2.26. The number of halogens is 1. The van der Waals surface area contributed by atoms with Gasteiger partial charge in [0.1, 0.15) is 5.75 Å². The quantitative estimate of drug-likeness (QED) is 0.863. The van der Waals surface area contributed by atoms with E-state index in [1.807, 2.05) is 30.3 Å². The summed E-state index contributed by atoms with van der Waals surface area (Å²) in [7, 11) is 3.36. The van der Waals surface area contributed by atoms with E-state index in [1.165, 1.54) is 0 Å². The molecular weight excluding hydrogens is 288 g/mol. The summed E-state index contributed by atoms with van der Waals surface area (Å²) in [6.07, 6.45) is 0.195. The second kappa shape index (κ2) is 6.99. The van der Waals surface area contributed by atoms with E-state index in [1.54, 1.807) is 37.4 Å². The Morgan fingerprint density at radius 1 is 1.24 bits per heavy atom. The number of nitrogens with one attached hydrogen (secondary N) is 1. The predicted octanol–water partition coefficient (Wildman–Crippen LogP) is 3.06. The second-order valence-corrected chi connectivity index (χ2v) is 5.00. The molecule has 0 aliphatic heterocycles. The summed E-state index contributed by atoms with van der Waals surface area (Å²) in [6, 6.07) is 14.8. The lowest BCUT2D eigenvalue weighted by molar-refractivity contribution is -0.120. The average molecular weight is 305 g/mol. The third-order valence-corrected chi connectivity index (χ3v) is 3.26. The van der Waals surface area contributed by atoms with Gasteiger partial charge in [0, 0.05) is 17.6 Å². The molecule has 2 aromatic rings. The normalized spacial score (nSPS) is 10.0. The van der Waals surface area contributed by atoms with Gasteiger partial charge < -0.3 is 4.74 Å². The fourth-order valence-corrected chi connectivity index (χ4v) is 2.20. The van der Waals surface area contributed by atoms with E-state index in [0.717, 1.165) is 11.3 Å². The Kier molecular flexibility index (Phi) is 5.06. The molecule has 0 radical (unpaired) electrons. The summed E-state index contributed by atoms with van der Waals surface area (Å²) in [6.45, 7) is 0. The molecule has 0 fully saturated rings. The highest BCUT2D eigenvalue weighted by Crippen LogP contribution is 2.23. The third kappa shape index (κ3) is 4.13. The Morgan fingerprint density at radius 2 is 1.95 bits per heavy atom. The van der Waals surface area contributed by atoms with E-state index in [0.29, 0.717) is 10.8 Å². The number of rotatable bonds is 5. The summed E-state index contributed by atoms with van der Waals surface area (Å²) < 4.78 is 5.24. The molecular formula is C16H17ClN2O2. The van der Waals surface area contributed by atoms with Gasteiger partial charge >= 0.3 is 0 Å². The summed E-state index contributed by atoms with van der Waals surface area (Å²) >= 11 is 5.96. The number of hydrazine groups is 1. The van der Waals surface area contributed by atoms with E-state index in [-0.39, 0.29) is 12.3 Å². The predicted molar refractivity (Wildman–Crippen MR) is 84.7 cm³/mol. The maximum Gasteiger partial charge on any atom is 0.243 e. The van der Waals surface area contributed by atoms with Gasteiger partial charge in [-0.1, -0.05) is 29.8 Å². The number of benzene rings is 2. The van der Waals surface area contributed by atoms with Crippen molar-refractivity contribution in [1.82, 2.24) is 5.43 Å². The molecule has 0 aliphatic carbocycles. The van der Waals surface area contributed by atoms with Crippen LogP contribution in [0, 0.1) is 0 Å². The van der Waals surface area contributed by atoms with E-state index < -0.39 is 0 Å². The highest BCUT2D eigenvalue weighted by Gasteiger charge is 2.11. The van der Waals surface area contributed by atoms with Gasteiger partial charge in [0.15, 0.2) is 0 Å². The first kappa shape index (κ1) is 15.2. The Bertz CT molecular complexity index is 617. The van der Waals surface area contributed by atoms with Crippen LogP contribution in [0.15, 0.2) is 48.5 Å². The molecule has 0 unspecified atom stereocenters. The molecule has 4 nitrogen and oxygen atoms in total. The molecule has 1 amide bonds. The van der Waals surface area contributed by atoms with Gasteiger partial charge in [-0.25, -0.2) is 0 Å². The first-order valence-corrected chi connectivity index (χ1v) is 6.88. The van der Waals surface area contributed by atoms with E-state index in [9.17, 15) is 4.79 Å². The Labute approximate surface area is 129 Å². The molecule has 0 spiro atoms. The molecule has 0 saturated carbocycles. The number of ether oxygens (including phenoxy) is 1. The molecule has 2 rings (SSSR count). The van der Waals surface area contributed by atoms with E-state index in [2.05, 4.69) is 5.43 Å². The summed E-state index contributed by atoms with van der Waals surface area (Å²) in [5.41, 5.74) is 4.47. The maximum atomic E-state index is 12.1. The molecule has 2 aromatic carbocycles. The average Bonchev–Trinajstić information content (AvgIpc) is 2.48. The van der Waals surface area contributed by atoms with Gasteiger partial charge in [0.2, 0.25) is 5.91 Å². The molecule has 110 valence electrons. The number of amides is 1. The van der Waals surface area contributed by atoms with Crippen LogP contribution in [0.1, 0.15) is 5.56 Å². The molecule has 0 heterocycles. The Morgan fingerprint density at radius 3 is 2.62 bits per heavy atom. The smallest absolute Gasteiger partial charge is 0.243 e. The topological polar surface area (TPSA) is 41.6 Å². The third-order valence-electron chi connectivity index (χ3n) is 3.03. The molecule has 0 aliphatic rings. The highest BCUT2D eigenvalue weighted by molar-refractivity contribution is 6.30. The van der Waals surface area contributed by atoms with Gasteiger partial charge in [-0.15, -0.1) is 0 Å². The number of hydrogen-bond acceptors (Lipinski definition) is 3. The lowest BCUT2D eigenvalue weighted by Crippen LogP contribution is -2.40. The number of carbonyl (C=O) groups excluding carboxylic acids is 1. The van der Waals surface area contributed by atoms with Crippen molar-refractivity contribution in [2.45, 2.75) is 6.42 Å². The maximum absolute atomic E-state index is 12.1. The number of hydrogen-bond donors (Lipinski definition) is 1.